The second-order valence-corrected chi connectivity index (χ2v) is 5.09. The van der Waals surface area contributed by atoms with Crippen LogP contribution in [-0.4, -0.2) is 21.0 Å². The van der Waals surface area contributed by atoms with Gasteiger partial charge in [0.15, 0.2) is 0 Å². The molecule has 17 heavy (non-hydrogen) atoms. The molecule has 1 aromatic carbocycles. The molecule has 0 bridgehead atoms. The Hall–Kier alpha value is -1.20. The molecule has 0 amide bonds. The van der Waals surface area contributed by atoms with Crippen LogP contribution in [0.4, 0.5) is 0 Å². The molecule has 0 fully saturated rings. The Kier molecular flexibility index (Phi) is 3.91. The maximum Gasteiger partial charge on any atom is 0.0969 e. The van der Waals surface area contributed by atoms with Crippen molar-refractivity contribution in [3.63, 3.8) is 0 Å². The highest BCUT2D eigenvalue weighted by atomic mass is 79.9. The highest BCUT2D eigenvalue weighted by molar-refractivity contribution is 9.10. The Bertz CT molecular complexity index is 493. The van der Waals surface area contributed by atoms with E-state index in [1.54, 1.807) is 4.68 Å². The van der Waals surface area contributed by atoms with E-state index in [0.717, 1.165) is 22.4 Å². The minimum Gasteiger partial charge on any atom is -0.309 e. The molecule has 0 aliphatic heterocycles. The van der Waals surface area contributed by atoms with Crippen molar-refractivity contribution in [2.24, 2.45) is 0 Å². The number of benzene rings is 1. The zero-order valence-electron chi connectivity index (χ0n) is 9.89. The van der Waals surface area contributed by atoms with Gasteiger partial charge in [-0.1, -0.05) is 41.1 Å². The summed E-state index contributed by atoms with van der Waals surface area (Å²) in [6.45, 7) is 4.96. The van der Waals surface area contributed by atoms with Crippen molar-refractivity contribution in [2.45, 2.75) is 26.4 Å². The molecule has 4 nitrogen and oxygen atoms in total. The monoisotopic (exact) mass is 294 g/mol. The quantitative estimate of drug-likeness (QED) is 0.942. The van der Waals surface area contributed by atoms with Gasteiger partial charge in [-0.25, -0.2) is 4.68 Å². The van der Waals surface area contributed by atoms with Crippen molar-refractivity contribution in [1.29, 1.82) is 0 Å². The number of rotatable bonds is 4. The zero-order chi connectivity index (χ0) is 12.3. The Morgan fingerprint density at radius 3 is 2.94 bits per heavy atom. The maximum atomic E-state index is 4.13. The summed E-state index contributed by atoms with van der Waals surface area (Å²) in [4.78, 5) is 0. The molecular formula is C12H15BrN4. The van der Waals surface area contributed by atoms with Gasteiger partial charge in [0.2, 0.25) is 0 Å². The lowest BCUT2D eigenvalue weighted by Gasteiger charge is -2.04. The predicted molar refractivity (Wildman–Crippen MR) is 71.0 cm³/mol. The third-order valence-electron chi connectivity index (χ3n) is 2.31. The van der Waals surface area contributed by atoms with E-state index in [1.807, 2.05) is 30.5 Å². The number of aromatic nitrogens is 3. The first kappa shape index (κ1) is 12.3. The molecule has 90 valence electrons. The largest absolute Gasteiger partial charge is 0.309 e. The summed E-state index contributed by atoms with van der Waals surface area (Å²) in [6.07, 6.45) is 1.94. The van der Waals surface area contributed by atoms with Gasteiger partial charge in [0, 0.05) is 17.1 Å². The Morgan fingerprint density at radius 1 is 1.41 bits per heavy atom. The summed E-state index contributed by atoms with van der Waals surface area (Å²) < 4.78 is 2.81. The molecule has 0 saturated heterocycles. The number of hydrogen-bond acceptors (Lipinski definition) is 3. The van der Waals surface area contributed by atoms with Crippen LogP contribution >= 0.6 is 15.9 Å². The Labute approximate surface area is 109 Å². The van der Waals surface area contributed by atoms with Gasteiger partial charge in [-0.15, -0.1) is 5.10 Å². The molecule has 2 aromatic rings. The van der Waals surface area contributed by atoms with Crippen molar-refractivity contribution < 1.29 is 0 Å². The molecule has 2 rings (SSSR count). The van der Waals surface area contributed by atoms with Crippen LogP contribution in [0.2, 0.25) is 0 Å². The summed E-state index contributed by atoms with van der Waals surface area (Å²) >= 11 is 3.44. The number of halogens is 1. The van der Waals surface area contributed by atoms with Crippen molar-refractivity contribution >= 4 is 15.9 Å². The van der Waals surface area contributed by atoms with Crippen molar-refractivity contribution in [2.75, 3.05) is 0 Å². The molecule has 0 aliphatic rings. The van der Waals surface area contributed by atoms with E-state index in [4.69, 9.17) is 0 Å². The average molecular weight is 295 g/mol. The highest BCUT2D eigenvalue weighted by Gasteiger charge is 2.03. The topological polar surface area (TPSA) is 42.7 Å². The van der Waals surface area contributed by atoms with Crippen LogP contribution in [-0.2, 0) is 6.54 Å². The van der Waals surface area contributed by atoms with Crippen LogP contribution in [0.15, 0.2) is 34.9 Å². The molecule has 0 spiro atoms. The van der Waals surface area contributed by atoms with E-state index >= 15 is 0 Å². The van der Waals surface area contributed by atoms with E-state index in [1.165, 1.54) is 0 Å². The van der Waals surface area contributed by atoms with Gasteiger partial charge >= 0.3 is 0 Å². The minimum absolute atomic E-state index is 0.450. The summed E-state index contributed by atoms with van der Waals surface area (Å²) in [5.74, 6) is 0. The number of hydrogen-bond donors (Lipinski definition) is 1. The van der Waals surface area contributed by atoms with E-state index in [-0.39, 0.29) is 0 Å². The standard InChI is InChI=1S/C12H15BrN4/c1-9(2)14-7-11-8-17(16-15-11)12-5-3-4-10(13)6-12/h3-6,8-9,14H,7H2,1-2H3. The average Bonchev–Trinajstić information content (AvgIpc) is 2.75. The molecular weight excluding hydrogens is 280 g/mol. The molecule has 0 saturated carbocycles. The van der Waals surface area contributed by atoms with Crippen LogP contribution < -0.4 is 5.32 Å². The molecule has 0 radical (unpaired) electrons. The lowest BCUT2D eigenvalue weighted by molar-refractivity contribution is 0.580. The first-order chi connectivity index (χ1) is 8.15. The zero-order valence-corrected chi connectivity index (χ0v) is 11.5. The molecule has 1 N–H and O–H groups in total. The first-order valence-electron chi connectivity index (χ1n) is 5.55. The highest BCUT2D eigenvalue weighted by Crippen LogP contribution is 2.14. The van der Waals surface area contributed by atoms with Gasteiger partial charge < -0.3 is 5.32 Å². The molecule has 0 unspecified atom stereocenters. The van der Waals surface area contributed by atoms with Crippen LogP contribution in [0.5, 0.6) is 0 Å². The van der Waals surface area contributed by atoms with Crippen LogP contribution in [0.25, 0.3) is 5.69 Å². The molecule has 0 aliphatic carbocycles. The van der Waals surface area contributed by atoms with Gasteiger partial charge in [-0.2, -0.15) is 0 Å². The summed E-state index contributed by atoms with van der Waals surface area (Å²) in [7, 11) is 0. The van der Waals surface area contributed by atoms with Crippen molar-refractivity contribution in [3.8, 4) is 5.69 Å². The smallest absolute Gasteiger partial charge is 0.0969 e. The van der Waals surface area contributed by atoms with Crippen molar-refractivity contribution in [1.82, 2.24) is 20.3 Å². The Morgan fingerprint density at radius 2 is 2.24 bits per heavy atom. The fourth-order valence-corrected chi connectivity index (χ4v) is 1.82. The SMILES string of the molecule is CC(C)NCc1cn(-c2cccc(Br)c2)nn1. The molecule has 5 heteroatoms. The van der Waals surface area contributed by atoms with Gasteiger partial charge in [0.05, 0.1) is 17.6 Å². The fraction of sp³-hybridized carbons (Fsp3) is 0.333. The fourth-order valence-electron chi connectivity index (χ4n) is 1.43. The van der Waals surface area contributed by atoms with Gasteiger partial charge in [0.25, 0.3) is 0 Å². The number of nitrogens with zero attached hydrogens (tertiary/aromatic N) is 3. The second-order valence-electron chi connectivity index (χ2n) is 4.17. The van der Waals surface area contributed by atoms with Gasteiger partial charge in [-0.3, -0.25) is 0 Å². The predicted octanol–water partition coefficient (Wildman–Crippen LogP) is 2.53. The summed E-state index contributed by atoms with van der Waals surface area (Å²) in [5, 5.41) is 11.6. The summed E-state index contributed by atoms with van der Waals surface area (Å²) in [6, 6.07) is 8.42. The normalized spacial score (nSPS) is 11.1. The first-order valence-corrected chi connectivity index (χ1v) is 6.35. The lowest BCUT2D eigenvalue weighted by atomic mass is 10.3. The van der Waals surface area contributed by atoms with E-state index in [9.17, 15) is 0 Å². The van der Waals surface area contributed by atoms with Crippen LogP contribution in [0.3, 0.4) is 0 Å². The maximum absolute atomic E-state index is 4.13. The Balaban J connectivity index is 2.12. The third kappa shape index (κ3) is 3.38. The molecule has 0 atom stereocenters. The van der Waals surface area contributed by atoms with E-state index in [2.05, 4.69) is 45.4 Å². The molecule has 1 heterocycles. The van der Waals surface area contributed by atoms with Crippen LogP contribution in [0.1, 0.15) is 19.5 Å². The minimum atomic E-state index is 0.450. The second kappa shape index (κ2) is 5.42. The van der Waals surface area contributed by atoms with Gasteiger partial charge in [0.1, 0.15) is 0 Å². The van der Waals surface area contributed by atoms with E-state index < -0.39 is 0 Å². The van der Waals surface area contributed by atoms with E-state index in [0.29, 0.717) is 6.04 Å². The lowest BCUT2D eigenvalue weighted by Crippen LogP contribution is -2.21. The number of nitrogens with one attached hydrogen (secondary N) is 1. The summed E-state index contributed by atoms with van der Waals surface area (Å²) in [5.41, 5.74) is 1.95. The van der Waals surface area contributed by atoms with Gasteiger partial charge in [-0.05, 0) is 18.2 Å². The van der Waals surface area contributed by atoms with Crippen LogP contribution in [0, 0.1) is 0 Å². The van der Waals surface area contributed by atoms with Crippen molar-refractivity contribution in [3.05, 3.63) is 40.6 Å². The molecule has 1 aromatic heterocycles. The third-order valence-corrected chi connectivity index (χ3v) is 2.80.